The molecule has 2 aliphatic heterocycles. The second kappa shape index (κ2) is 19.5. The highest BCUT2D eigenvalue weighted by Gasteiger charge is 2.40. The number of benzene rings is 2. The molecule has 2 aromatic heterocycles. The molecule has 0 radical (unpaired) electrons. The lowest BCUT2D eigenvalue weighted by Crippen LogP contribution is -2.57. The molecular weight excluding hydrogens is 779 g/mol. The number of H-pyrrole nitrogens is 2. The second-order valence-corrected chi connectivity index (χ2v) is 16.8. The third-order valence-corrected chi connectivity index (χ3v) is 11.6. The molecule has 0 saturated carbocycles. The number of imidazole rings is 2. The van der Waals surface area contributed by atoms with Gasteiger partial charge in [-0.15, -0.1) is 0 Å². The SMILES string of the molecule is COC(=O)N[C@H](C(=O)N[C@H](C(=O)N1CCC[C@H]1c1ncc(-c2ccc(-c3ccc(-c4cnc([C@@H]5CCCN5C(=O)[C@@H](NC(=O)OC)C(C)C)[nH]4)cc3)cc2)[nH]1)C(C)C)C(C)C. The summed E-state index contributed by atoms with van der Waals surface area (Å²) in [6.07, 6.45) is 5.38. The Bertz CT molecular complexity index is 2160. The van der Waals surface area contributed by atoms with Crippen LogP contribution in [0.2, 0.25) is 0 Å². The zero-order valence-electron chi connectivity index (χ0n) is 36.3. The standard InChI is InChI=1S/C45H59N9O7/c1-25(2)36(51-44(58)60-7)41(55)50-37(26(3)4)42(56)53-21-9-11-34(53)39-46-23-32(48-39)30-17-13-28(14-18-30)29-15-19-31(20-16-29)33-24-47-40(49-33)35-12-10-22-54(35)43(57)38(27(5)6)52-45(59)61-8/h13-20,23-27,34-38H,9-12,21-22H2,1-8H3,(H,46,48)(H,47,49)(H,50,55)(H,51,58)(H,52,59)/t34-,35-,36-,37-,38-/m0/s1. The first-order chi connectivity index (χ1) is 29.2. The van der Waals surface area contributed by atoms with E-state index in [4.69, 9.17) is 14.5 Å². The van der Waals surface area contributed by atoms with Crippen LogP contribution in [0.15, 0.2) is 60.9 Å². The lowest BCUT2D eigenvalue weighted by molar-refractivity contribution is -0.139. The van der Waals surface area contributed by atoms with Gasteiger partial charge in [-0.05, 0) is 65.7 Å². The summed E-state index contributed by atoms with van der Waals surface area (Å²) in [4.78, 5) is 84.6. The van der Waals surface area contributed by atoms with Crippen LogP contribution >= 0.6 is 0 Å². The van der Waals surface area contributed by atoms with Crippen LogP contribution in [-0.2, 0) is 23.9 Å². The first-order valence-electron chi connectivity index (χ1n) is 21.1. The maximum Gasteiger partial charge on any atom is 0.407 e. The Morgan fingerprint density at radius 3 is 1.31 bits per heavy atom. The number of nitrogens with one attached hydrogen (secondary N) is 5. The van der Waals surface area contributed by atoms with Gasteiger partial charge < -0.3 is 45.2 Å². The summed E-state index contributed by atoms with van der Waals surface area (Å²) in [5.74, 6) is 0.0901. The van der Waals surface area contributed by atoms with Gasteiger partial charge in [-0.3, -0.25) is 14.4 Å². The van der Waals surface area contributed by atoms with Gasteiger partial charge in [0.05, 0.1) is 50.1 Å². The molecule has 326 valence electrons. The number of carbonyl (C=O) groups excluding carboxylic acids is 5. The minimum Gasteiger partial charge on any atom is -0.453 e. The van der Waals surface area contributed by atoms with Crippen molar-refractivity contribution in [1.29, 1.82) is 0 Å². The summed E-state index contributed by atoms with van der Waals surface area (Å²) < 4.78 is 9.46. The number of rotatable bonds is 14. The van der Waals surface area contributed by atoms with E-state index in [9.17, 15) is 24.0 Å². The van der Waals surface area contributed by atoms with Gasteiger partial charge in [0.25, 0.3) is 0 Å². The number of hydrogen-bond donors (Lipinski definition) is 5. The van der Waals surface area contributed by atoms with E-state index in [1.807, 2.05) is 65.8 Å². The third-order valence-electron chi connectivity index (χ3n) is 11.6. The molecule has 2 aromatic carbocycles. The van der Waals surface area contributed by atoms with Crippen LogP contribution < -0.4 is 16.0 Å². The average molecular weight is 838 g/mol. The smallest absolute Gasteiger partial charge is 0.407 e. The lowest BCUT2D eigenvalue weighted by atomic mass is 9.99. The summed E-state index contributed by atoms with van der Waals surface area (Å²) in [7, 11) is 2.53. The van der Waals surface area contributed by atoms with E-state index < -0.39 is 36.2 Å². The fourth-order valence-corrected chi connectivity index (χ4v) is 8.15. The lowest BCUT2D eigenvalue weighted by Gasteiger charge is -2.32. The van der Waals surface area contributed by atoms with Crippen LogP contribution in [0.3, 0.4) is 0 Å². The first-order valence-corrected chi connectivity index (χ1v) is 21.1. The fraction of sp³-hybridized carbons (Fsp3) is 0.489. The predicted octanol–water partition coefficient (Wildman–Crippen LogP) is 6.36. The molecule has 0 aliphatic carbocycles. The average Bonchev–Trinajstić information content (AvgIpc) is 4.10. The summed E-state index contributed by atoms with van der Waals surface area (Å²) in [5.41, 5.74) is 5.67. The predicted molar refractivity (Wildman–Crippen MR) is 230 cm³/mol. The normalized spacial score (nSPS) is 18.0. The number of ether oxygens (including phenoxy) is 2. The van der Waals surface area contributed by atoms with Crippen molar-refractivity contribution in [3.8, 4) is 33.6 Å². The van der Waals surface area contributed by atoms with E-state index in [-0.39, 0.29) is 41.7 Å². The molecule has 5 amide bonds. The maximum absolute atomic E-state index is 14.0. The molecule has 2 saturated heterocycles. The number of nitrogens with zero attached hydrogens (tertiary/aromatic N) is 4. The highest BCUT2D eigenvalue weighted by atomic mass is 16.5. The second-order valence-electron chi connectivity index (χ2n) is 16.8. The van der Waals surface area contributed by atoms with Crippen LogP contribution in [-0.4, -0.2) is 105 Å². The minimum atomic E-state index is -0.858. The van der Waals surface area contributed by atoms with Crippen molar-refractivity contribution in [3.05, 3.63) is 72.6 Å². The van der Waals surface area contributed by atoms with Crippen molar-refractivity contribution in [2.24, 2.45) is 17.8 Å². The Hall–Kier alpha value is -6.19. The molecule has 16 heteroatoms. The van der Waals surface area contributed by atoms with Gasteiger partial charge in [0, 0.05) is 13.1 Å². The topological polar surface area (TPSA) is 204 Å². The zero-order valence-corrected chi connectivity index (χ0v) is 36.3. The molecule has 2 aliphatic rings. The van der Waals surface area contributed by atoms with Gasteiger partial charge in [0.1, 0.15) is 29.8 Å². The van der Waals surface area contributed by atoms with E-state index in [2.05, 4.69) is 55.2 Å². The number of aromatic amines is 2. The molecule has 5 N–H and O–H groups in total. The summed E-state index contributed by atoms with van der Waals surface area (Å²) in [6.45, 7) is 12.3. The fourth-order valence-electron chi connectivity index (χ4n) is 8.15. The van der Waals surface area contributed by atoms with E-state index in [0.717, 1.165) is 59.3 Å². The molecule has 0 unspecified atom stereocenters. The molecule has 0 bridgehead atoms. The van der Waals surface area contributed by atoms with Crippen molar-refractivity contribution < 1.29 is 33.4 Å². The zero-order chi connectivity index (χ0) is 44.0. The number of amides is 5. The van der Waals surface area contributed by atoms with Crippen molar-refractivity contribution in [3.63, 3.8) is 0 Å². The van der Waals surface area contributed by atoms with Gasteiger partial charge in [-0.2, -0.15) is 0 Å². The molecular formula is C45H59N9O7. The van der Waals surface area contributed by atoms with Crippen molar-refractivity contribution in [2.45, 2.75) is 97.4 Å². The van der Waals surface area contributed by atoms with Crippen LogP contribution in [0.25, 0.3) is 33.6 Å². The Kier molecular flexibility index (Phi) is 14.2. The monoisotopic (exact) mass is 837 g/mol. The third kappa shape index (κ3) is 10.1. The Morgan fingerprint density at radius 1 is 0.574 bits per heavy atom. The van der Waals surface area contributed by atoms with E-state index in [1.165, 1.54) is 14.2 Å². The minimum absolute atomic E-state index is 0.114. The van der Waals surface area contributed by atoms with Crippen LogP contribution in [0.5, 0.6) is 0 Å². The van der Waals surface area contributed by atoms with Gasteiger partial charge in [-0.1, -0.05) is 90.1 Å². The van der Waals surface area contributed by atoms with Crippen LogP contribution in [0.1, 0.15) is 91.0 Å². The Labute approximate surface area is 357 Å². The van der Waals surface area contributed by atoms with Gasteiger partial charge in [-0.25, -0.2) is 19.6 Å². The molecule has 2 fully saturated rings. The van der Waals surface area contributed by atoms with Gasteiger partial charge >= 0.3 is 12.2 Å². The number of carbonyl (C=O) groups is 5. The van der Waals surface area contributed by atoms with Crippen molar-refractivity contribution in [2.75, 3.05) is 27.3 Å². The Morgan fingerprint density at radius 2 is 0.934 bits per heavy atom. The number of methoxy groups -OCH3 is 2. The van der Waals surface area contributed by atoms with E-state index in [0.29, 0.717) is 24.7 Å². The first kappa shape index (κ1) is 44.4. The molecule has 5 atom stereocenters. The number of alkyl carbamates (subject to hydrolysis) is 2. The summed E-state index contributed by atoms with van der Waals surface area (Å²) >= 11 is 0. The van der Waals surface area contributed by atoms with Gasteiger partial charge in [0.15, 0.2) is 0 Å². The molecule has 4 heterocycles. The number of aromatic nitrogens is 4. The van der Waals surface area contributed by atoms with Crippen LogP contribution in [0, 0.1) is 17.8 Å². The highest BCUT2D eigenvalue weighted by Crippen LogP contribution is 2.35. The van der Waals surface area contributed by atoms with E-state index >= 15 is 0 Å². The Balaban J connectivity index is 1.09. The largest absolute Gasteiger partial charge is 0.453 e. The maximum atomic E-state index is 14.0. The highest BCUT2D eigenvalue weighted by molar-refractivity contribution is 5.92. The van der Waals surface area contributed by atoms with Gasteiger partial charge in [0.2, 0.25) is 17.7 Å². The van der Waals surface area contributed by atoms with Crippen molar-refractivity contribution in [1.82, 2.24) is 45.7 Å². The quantitative estimate of drug-likeness (QED) is 0.0957. The molecule has 61 heavy (non-hydrogen) atoms. The molecule has 4 aromatic rings. The summed E-state index contributed by atoms with van der Waals surface area (Å²) in [5, 5.41) is 8.18. The number of likely N-dealkylation sites (tertiary alicyclic amines) is 2. The molecule has 6 rings (SSSR count). The molecule has 16 nitrogen and oxygen atoms in total. The summed E-state index contributed by atoms with van der Waals surface area (Å²) in [6, 6.07) is 13.6. The number of hydrogen-bond acceptors (Lipinski definition) is 9. The van der Waals surface area contributed by atoms with E-state index in [1.54, 1.807) is 22.2 Å². The van der Waals surface area contributed by atoms with Crippen molar-refractivity contribution >= 4 is 29.9 Å². The molecule has 0 spiro atoms. The van der Waals surface area contributed by atoms with Crippen LogP contribution in [0.4, 0.5) is 9.59 Å².